The standard InChI is InChI=1S/C12H12ClF3N2/c1-18-10-5-4-8(12(14,15)16)7-9(10)17-11(18)3-2-6-13/h4-5,7H,2-3,6H2,1H3. The van der Waals surface area contributed by atoms with Crippen LogP contribution in [0.5, 0.6) is 0 Å². The third-order valence-corrected chi connectivity index (χ3v) is 3.10. The van der Waals surface area contributed by atoms with E-state index >= 15 is 0 Å². The van der Waals surface area contributed by atoms with E-state index < -0.39 is 11.7 Å². The second-order valence-electron chi connectivity index (χ2n) is 4.08. The molecule has 0 N–H and O–H groups in total. The van der Waals surface area contributed by atoms with E-state index in [2.05, 4.69) is 4.98 Å². The van der Waals surface area contributed by atoms with E-state index in [4.69, 9.17) is 11.6 Å². The number of aromatic nitrogens is 2. The summed E-state index contributed by atoms with van der Waals surface area (Å²) in [5, 5.41) is 0. The van der Waals surface area contributed by atoms with E-state index in [9.17, 15) is 13.2 Å². The number of benzene rings is 1. The van der Waals surface area contributed by atoms with Crippen molar-refractivity contribution in [1.29, 1.82) is 0 Å². The van der Waals surface area contributed by atoms with Crippen molar-refractivity contribution >= 4 is 22.6 Å². The lowest BCUT2D eigenvalue weighted by Gasteiger charge is -2.05. The number of hydrogen-bond donors (Lipinski definition) is 0. The highest BCUT2D eigenvalue weighted by Crippen LogP contribution is 2.31. The lowest BCUT2D eigenvalue weighted by Crippen LogP contribution is -2.04. The van der Waals surface area contributed by atoms with Crippen LogP contribution in [0.3, 0.4) is 0 Å². The number of aryl methyl sites for hydroxylation is 2. The van der Waals surface area contributed by atoms with E-state index in [-0.39, 0.29) is 0 Å². The molecule has 0 fully saturated rings. The topological polar surface area (TPSA) is 17.8 Å². The molecule has 2 rings (SSSR count). The lowest BCUT2D eigenvalue weighted by atomic mass is 10.2. The Hall–Kier alpha value is -1.23. The van der Waals surface area contributed by atoms with Crippen LogP contribution in [0.2, 0.25) is 0 Å². The molecule has 0 saturated carbocycles. The van der Waals surface area contributed by atoms with Gasteiger partial charge in [0.25, 0.3) is 0 Å². The fourth-order valence-corrected chi connectivity index (χ4v) is 2.01. The van der Waals surface area contributed by atoms with Gasteiger partial charge in [0.2, 0.25) is 0 Å². The van der Waals surface area contributed by atoms with Gasteiger partial charge in [0.05, 0.1) is 16.6 Å². The van der Waals surface area contributed by atoms with Crippen molar-refractivity contribution in [3.63, 3.8) is 0 Å². The van der Waals surface area contributed by atoms with Gasteiger partial charge in [0.1, 0.15) is 5.82 Å². The van der Waals surface area contributed by atoms with Gasteiger partial charge < -0.3 is 4.57 Å². The van der Waals surface area contributed by atoms with Gasteiger partial charge in [-0.05, 0) is 24.6 Å². The number of alkyl halides is 4. The molecule has 0 aliphatic heterocycles. The number of halogens is 4. The zero-order valence-electron chi connectivity index (χ0n) is 9.76. The van der Waals surface area contributed by atoms with E-state index in [0.717, 1.165) is 24.4 Å². The van der Waals surface area contributed by atoms with Gasteiger partial charge >= 0.3 is 6.18 Å². The normalized spacial score (nSPS) is 12.3. The minimum absolute atomic E-state index is 0.372. The molecule has 0 atom stereocenters. The summed E-state index contributed by atoms with van der Waals surface area (Å²) in [6.45, 7) is 0. The van der Waals surface area contributed by atoms with Crippen LogP contribution < -0.4 is 0 Å². The maximum atomic E-state index is 12.6. The van der Waals surface area contributed by atoms with Crippen LogP contribution in [-0.2, 0) is 19.6 Å². The van der Waals surface area contributed by atoms with Gasteiger partial charge in [-0.15, -0.1) is 11.6 Å². The van der Waals surface area contributed by atoms with E-state index in [0.29, 0.717) is 23.3 Å². The zero-order valence-corrected chi connectivity index (χ0v) is 10.5. The minimum atomic E-state index is -4.33. The first-order chi connectivity index (χ1) is 8.43. The van der Waals surface area contributed by atoms with Crippen LogP contribution in [0, 0.1) is 0 Å². The molecule has 0 saturated heterocycles. The summed E-state index contributed by atoms with van der Waals surface area (Å²) in [6.07, 6.45) is -2.91. The quantitative estimate of drug-likeness (QED) is 0.781. The van der Waals surface area contributed by atoms with Gasteiger partial charge in [-0.2, -0.15) is 13.2 Å². The van der Waals surface area contributed by atoms with Crippen LogP contribution >= 0.6 is 11.6 Å². The first-order valence-electron chi connectivity index (χ1n) is 5.52. The molecule has 18 heavy (non-hydrogen) atoms. The molecule has 0 bridgehead atoms. The molecule has 1 heterocycles. The number of fused-ring (bicyclic) bond motifs is 1. The van der Waals surface area contributed by atoms with Crippen LogP contribution in [-0.4, -0.2) is 15.4 Å². The smallest absolute Gasteiger partial charge is 0.331 e. The summed E-state index contributed by atoms with van der Waals surface area (Å²) in [7, 11) is 1.80. The molecule has 0 spiro atoms. The zero-order chi connectivity index (χ0) is 13.3. The Morgan fingerprint density at radius 1 is 1.33 bits per heavy atom. The van der Waals surface area contributed by atoms with Crippen LogP contribution in [0.4, 0.5) is 13.2 Å². The molecule has 6 heteroatoms. The fourth-order valence-electron chi connectivity index (χ4n) is 1.87. The van der Waals surface area contributed by atoms with E-state index in [1.54, 1.807) is 7.05 Å². The molecular formula is C12H12ClF3N2. The third-order valence-electron chi connectivity index (χ3n) is 2.83. The number of rotatable bonds is 3. The largest absolute Gasteiger partial charge is 0.416 e. The maximum absolute atomic E-state index is 12.6. The minimum Gasteiger partial charge on any atom is -0.331 e. The monoisotopic (exact) mass is 276 g/mol. The molecule has 2 nitrogen and oxygen atoms in total. The summed E-state index contributed by atoms with van der Waals surface area (Å²) in [5.74, 6) is 1.27. The molecular weight excluding hydrogens is 265 g/mol. The molecule has 0 aliphatic rings. The Morgan fingerprint density at radius 2 is 2.06 bits per heavy atom. The fraction of sp³-hybridized carbons (Fsp3) is 0.417. The number of hydrogen-bond acceptors (Lipinski definition) is 1. The second-order valence-corrected chi connectivity index (χ2v) is 4.46. The van der Waals surface area contributed by atoms with Gasteiger partial charge in [-0.3, -0.25) is 0 Å². The molecule has 0 aliphatic carbocycles. The van der Waals surface area contributed by atoms with Crippen molar-refractivity contribution in [2.75, 3.05) is 5.88 Å². The Morgan fingerprint density at radius 3 is 2.67 bits per heavy atom. The highest BCUT2D eigenvalue weighted by Gasteiger charge is 2.30. The molecule has 98 valence electrons. The van der Waals surface area contributed by atoms with Crippen LogP contribution in [0.1, 0.15) is 17.8 Å². The molecule has 1 aromatic carbocycles. The Bertz CT molecular complexity index is 560. The molecule has 0 amide bonds. The predicted molar refractivity (Wildman–Crippen MR) is 64.8 cm³/mol. The molecule has 0 unspecified atom stereocenters. The predicted octanol–water partition coefficient (Wildman–Crippen LogP) is 3.76. The first-order valence-corrected chi connectivity index (χ1v) is 6.05. The molecule has 1 aromatic heterocycles. The number of nitrogens with zero attached hydrogens (tertiary/aromatic N) is 2. The highest BCUT2D eigenvalue weighted by atomic mass is 35.5. The van der Waals surface area contributed by atoms with Crippen molar-refractivity contribution < 1.29 is 13.2 Å². The second kappa shape index (κ2) is 4.80. The van der Waals surface area contributed by atoms with E-state index in [1.165, 1.54) is 6.07 Å². The summed E-state index contributed by atoms with van der Waals surface area (Å²) in [6, 6.07) is 3.62. The third kappa shape index (κ3) is 2.46. The summed E-state index contributed by atoms with van der Waals surface area (Å²) in [5.41, 5.74) is 0.404. The molecule has 2 aromatic rings. The SMILES string of the molecule is Cn1c(CCCCl)nc2cc(C(F)(F)F)ccc21. The highest BCUT2D eigenvalue weighted by molar-refractivity contribution is 6.17. The van der Waals surface area contributed by atoms with Gasteiger partial charge in [0.15, 0.2) is 0 Å². The van der Waals surface area contributed by atoms with Crippen molar-refractivity contribution in [2.24, 2.45) is 7.05 Å². The van der Waals surface area contributed by atoms with Crippen molar-refractivity contribution in [3.05, 3.63) is 29.6 Å². The maximum Gasteiger partial charge on any atom is 0.416 e. The Balaban J connectivity index is 2.45. The van der Waals surface area contributed by atoms with Crippen LogP contribution in [0.25, 0.3) is 11.0 Å². The van der Waals surface area contributed by atoms with Gasteiger partial charge in [-0.25, -0.2) is 4.98 Å². The van der Waals surface area contributed by atoms with Crippen molar-refractivity contribution in [2.45, 2.75) is 19.0 Å². The summed E-state index contributed by atoms with van der Waals surface area (Å²) < 4.78 is 39.5. The molecule has 0 radical (unpaired) electrons. The van der Waals surface area contributed by atoms with Crippen molar-refractivity contribution in [1.82, 2.24) is 9.55 Å². The lowest BCUT2D eigenvalue weighted by molar-refractivity contribution is -0.137. The van der Waals surface area contributed by atoms with Crippen LogP contribution in [0.15, 0.2) is 18.2 Å². The average Bonchev–Trinajstić information content (AvgIpc) is 2.62. The van der Waals surface area contributed by atoms with Gasteiger partial charge in [-0.1, -0.05) is 0 Å². The first kappa shape index (κ1) is 13.2. The number of imidazole rings is 1. The van der Waals surface area contributed by atoms with Gasteiger partial charge in [0, 0.05) is 19.3 Å². The Kier molecular flexibility index (Phi) is 3.52. The van der Waals surface area contributed by atoms with E-state index in [1.807, 2.05) is 4.57 Å². The Labute approximate surface area is 107 Å². The summed E-state index contributed by atoms with van der Waals surface area (Å²) >= 11 is 5.60. The average molecular weight is 277 g/mol. The summed E-state index contributed by atoms with van der Waals surface area (Å²) in [4.78, 5) is 4.23. The van der Waals surface area contributed by atoms with Crippen molar-refractivity contribution in [3.8, 4) is 0 Å².